The average Bonchev–Trinajstić information content (AvgIpc) is 2.82. The van der Waals surface area contributed by atoms with Gasteiger partial charge in [0, 0.05) is 25.2 Å². The Bertz CT molecular complexity index is 840. The lowest BCUT2D eigenvalue weighted by atomic mass is 10.2. The van der Waals surface area contributed by atoms with Gasteiger partial charge in [-0.15, -0.1) is 23.5 Å². The van der Waals surface area contributed by atoms with Crippen LogP contribution in [-0.2, 0) is 0 Å². The fourth-order valence-electron chi connectivity index (χ4n) is 2.72. The Morgan fingerprint density at radius 2 is 1.20 bits per heavy atom. The lowest BCUT2D eigenvalue weighted by Gasteiger charge is -2.30. The highest BCUT2D eigenvalue weighted by Crippen LogP contribution is 2.39. The van der Waals surface area contributed by atoms with E-state index < -0.39 is 0 Å². The maximum Gasteiger partial charge on any atom is 0.135 e. The first-order valence-corrected chi connectivity index (χ1v) is 12.3. The summed E-state index contributed by atoms with van der Waals surface area (Å²) in [6.07, 6.45) is 5.06. The van der Waals surface area contributed by atoms with Gasteiger partial charge >= 0.3 is 0 Å². The van der Waals surface area contributed by atoms with Gasteiger partial charge in [-0.3, -0.25) is 10.0 Å². The molecule has 1 aliphatic heterocycles. The zero-order chi connectivity index (χ0) is 21.4. The summed E-state index contributed by atoms with van der Waals surface area (Å²) in [4.78, 5) is 1.37. The number of rotatable bonds is 6. The van der Waals surface area contributed by atoms with E-state index in [0.29, 0.717) is 9.98 Å². The number of hydrazone groups is 2. The molecule has 8 heteroatoms. The zero-order valence-electron chi connectivity index (χ0n) is 17.0. The summed E-state index contributed by atoms with van der Waals surface area (Å²) in [6, 6.07) is 19.8. The topological polar surface area (TPSA) is 31.2 Å². The van der Waals surface area contributed by atoms with E-state index in [1.54, 1.807) is 10.0 Å². The van der Waals surface area contributed by atoms with Gasteiger partial charge < -0.3 is 0 Å². The summed E-state index contributed by atoms with van der Waals surface area (Å²) in [5.41, 5.74) is 1.96. The molecule has 0 saturated carbocycles. The number of thiocarbonyl (C=S) groups is 2. The maximum atomic E-state index is 5.58. The molecule has 0 atom stereocenters. The van der Waals surface area contributed by atoms with Crippen LogP contribution in [0.2, 0.25) is 0 Å². The van der Waals surface area contributed by atoms with E-state index in [1.807, 2.05) is 111 Å². The van der Waals surface area contributed by atoms with E-state index >= 15 is 0 Å². The van der Waals surface area contributed by atoms with E-state index in [0.717, 1.165) is 22.6 Å². The van der Waals surface area contributed by atoms with Gasteiger partial charge in [0.2, 0.25) is 0 Å². The molecule has 1 heterocycles. The summed E-state index contributed by atoms with van der Waals surface area (Å²) in [6.45, 7) is 0. The first kappa shape index (κ1) is 22.9. The van der Waals surface area contributed by atoms with Crippen molar-refractivity contribution in [3.8, 4) is 0 Å². The molecule has 156 valence electrons. The van der Waals surface area contributed by atoms with Crippen molar-refractivity contribution in [2.75, 3.05) is 25.6 Å². The van der Waals surface area contributed by atoms with Crippen molar-refractivity contribution in [1.29, 1.82) is 0 Å². The fraction of sp³-hybridized carbons (Fsp3) is 0.273. The molecule has 0 amide bonds. The molecule has 0 N–H and O–H groups in total. The quantitative estimate of drug-likeness (QED) is 0.329. The average molecular weight is 473 g/mol. The maximum absolute atomic E-state index is 5.58. The van der Waals surface area contributed by atoms with Gasteiger partial charge in [-0.05, 0) is 17.9 Å². The van der Waals surface area contributed by atoms with Gasteiger partial charge in [-0.1, -0.05) is 85.1 Å². The number of thioether (sulfide) groups is 2. The van der Waals surface area contributed by atoms with Gasteiger partial charge in [0.25, 0.3) is 0 Å². The molecule has 0 unspecified atom stereocenters. The minimum Gasteiger partial charge on any atom is -0.257 e. The molecule has 2 aromatic rings. The molecule has 2 aromatic carbocycles. The van der Waals surface area contributed by atoms with Crippen molar-refractivity contribution in [3.05, 3.63) is 71.8 Å². The fourth-order valence-corrected chi connectivity index (χ4v) is 5.81. The molecule has 0 bridgehead atoms. The summed E-state index contributed by atoms with van der Waals surface area (Å²) < 4.78 is -0.348. The summed E-state index contributed by atoms with van der Waals surface area (Å²) >= 11 is 14.8. The van der Waals surface area contributed by atoms with E-state index in [4.69, 9.17) is 24.4 Å². The Balaban J connectivity index is 1.74. The molecule has 1 aliphatic rings. The van der Waals surface area contributed by atoms with Crippen LogP contribution in [0.4, 0.5) is 0 Å². The molecule has 4 nitrogen and oxygen atoms in total. The lowest BCUT2D eigenvalue weighted by molar-refractivity contribution is 0.554. The Labute approximate surface area is 197 Å². The Kier molecular flexibility index (Phi) is 8.44. The van der Waals surface area contributed by atoms with Gasteiger partial charge in [0.15, 0.2) is 0 Å². The Morgan fingerprint density at radius 1 is 0.800 bits per heavy atom. The zero-order valence-corrected chi connectivity index (χ0v) is 20.2. The van der Waals surface area contributed by atoms with Crippen molar-refractivity contribution in [1.82, 2.24) is 10.0 Å². The molecule has 1 saturated heterocycles. The molecule has 0 aromatic heterocycles. The van der Waals surface area contributed by atoms with Crippen LogP contribution >= 0.6 is 48.0 Å². The predicted molar refractivity (Wildman–Crippen MR) is 141 cm³/mol. The van der Waals surface area contributed by atoms with E-state index in [-0.39, 0.29) is 4.08 Å². The largest absolute Gasteiger partial charge is 0.257 e. The second-order valence-electron chi connectivity index (χ2n) is 6.65. The van der Waals surface area contributed by atoms with Crippen LogP contribution in [0.1, 0.15) is 17.5 Å². The molecule has 0 radical (unpaired) electrons. The minimum atomic E-state index is -0.348. The first-order valence-electron chi connectivity index (χ1n) is 9.55. The van der Waals surface area contributed by atoms with Crippen LogP contribution < -0.4 is 0 Å². The SMILES string of the molecule is CN(/N=C/C1(/C=N/N(C)C(=S)c2ccccc2)SCCCS1)C(=S)c1ccccc1. The monoisotopic (exact) mass is 472 g/mol. The molecular formula is C22H24N4S4. The van der Waals surface area contributed by atoms with E-state index in [2.05, 4.69) is 10.2 Å². The second kappa shape index (κ2) is 11.0. The van der Waals surface area contributed by atoms with Crippen LogP contribution in [0, 0.1) is 0 Å². The normalized spacial score (nSPS) is 15.9. The third kappa shape index (κ3) is 6.14. The molecule has 3 rings (SSSR count). The lowest BCUT2D eigenvalue weighted by Crippen LogP contribution is -2.32. The number of benzene rings is 2. The van der Waals surface area contributed by atoms with Gasteiger partial charge in [-0.2, -0.15) is 10.2 Å². The molecule has 0 aliphatic carbocycles. The number of hydrogen-bond donors (Lipinski definition) is 0. The van der Waals surface area contributed by atoms with Crippen LogP contribution in [0.5, 0.6) is 0 Å². The third-order valence-corrected chi connectivity index (χ3v) is 8.41. The molecule has 1 fully saturated rings. The highest BCUT2D eigenvalue weighted by Gasteiger charge is 2.31. The first-order chi connectivity index (χ1) is 14.5. The van der Waals surface area contributed by atoms with Crippen molar-refractivity contribution in [2.45, 2.75) is 10.5 Å². The van der Waals surface area contributed by atoms with Gasteiger partial charge in [0.1, 0.15) is 14.1 Å². The van der Waals surface area contributed by atoms with E-state index in [1.165, 1.54) is 6.42 Å². The van der Waals surface area contributed by atoms with E-state index in [9.17, 15) is 0 Å². The highest BCUT2D eigenvalue weighted by atomic mass is 32.2. The smallest absolute Gasteiger partial charge is 0.135 e. The molecule has 0 spiro atoms. The number of hydrogen-bond acceptors (Lipinski definition) is 6. The standard InChI is InChI=1S/C22H24N4S4/c1-25(20(27)18-10-5-3-6-11-18)23-16-22(29-14-9-15-30-22)17-24-26(2)21(28)19-12-7-4-8-13-19/h3-8,10-13,16-17H,9,14-15H2,1-2H3/b23-16+,24-17+. The van der Waals surface area contributed by atoms with Crippen molar-refractivity contribution >= 4 is 70.4 Å². The van der Waals surface area contributed by atoms with Gasteiger partial charge in [-0.25, -0.2) is 0 Å². The van der Waals surface area contributed by atoms with Crippen molar-refractivity contribution in [3.63, 3.8) is 0 Å². The summed E-state index contributed by atoms with van der Waals surface area (Å²) in [5.74, 6) is 2.12. The third-order valence-electron chi connectivity index (χ3n) is 4.40. The van der Waals surface area contributed by atoms with Gasteiger partial charge in [0.05, 0.1) is 12.4 Å². The van der Waals surface area contributed by atoms with Crippen LogP contribution in [0.3, 0.4) is 0 Å². The van der Waals surface area contributed by atoms with Crippen LogP contribution in [0.15, 0.2) is 70.9 Å². The Morgan fingerprint density at radius 3 is 1.60 bits per heavy atom. The Hall–Kier alpha value is -1.74. The summed E-state index contributed by atoms with van der Waals surface area (Å²) in [5, 5.41) is 12.8. The van der Waals surface area contributed by atoms with Crippen molar-refractivity contribution < 1.29 is 0 Å². The summed E-state index contributed by atoms with van der Waals surface area (Å²) in [7, 11) is 3.76. The van der Waals surface area contributed by atoms with Crippen LogP contribution in [0.25, 0.3) is 0 Å². The minimum absolute atomic E-state index is 0.348. The van der Waals surface area contributed by atoms with Crippen molar-refractivity contribution in [2.24, 2.45) is 10.2 Å². The number of nitrogens with zero attached hydrogens (tertiary/aromatic N) is 4. The molecular weight excluding hydrogens is 449 g/mol. The second-order valence-corrected chi connectivity index (χ2v) is 10.4. The predicted octanol–water partition coefficient (Wildman–Crippen LogP) is 5.14. The molecule has 30 heavy (non-hydrogen) atoms. The van der Waals surface area contributed by atoms with Crippen LogP contribution in [-0.4, -0.2) is 62.1 Å². The highest BCUT2D eigenvalue weighted by molar-refractivity contribution is 8.20.